The van der Waals surface area contributed by atoms with Crippen LogP contribution < -0.4 is 10.6 Å². The van der Waals surface area contributed by atoms with Gasteiger partial charge in [-0.05, 0) is 85.0 Å². The van der Waals surface area contributed by atoms with Crippen molar-refractivity contribution < 1.29 is 19.1 Å². The second-order valence-corrected chi connectivity index (χ2v) is 15.3. The van der Waals surface area contributed by atoms with E-state index in [1.165, 1.54) is 11.0 Å². The van der Waals surface area contributed by atoms with Gasteiger partial charge in [0, 0.05) is 72.8 Å². The number of aliphatic imine (C=N–C) groups is 1. The third-order valence-electron chi connectivity index (χ3n) is 8.64. The van der Waals surface area contributed by atoms with Crippen LogP contribution in [0.15, 0.2) is 35.3 Å². The number of halogens is 1. The molecule has 1 fully saturated rings. The number of alkyl carbamates (subject to hydrolysis) is 1. The molecule has 3 aromatic rings. The van der Waals surface area contributed by atoms with E-state index in [2.05, 4.69) is 39.6 Å². The maximum absolute atomic E-state index is 13.2. The second kappa shape index (κ2) is 16.3. The molecule has 3 amide bonds. The van der Waals surface area contributed by atoms with Crippen LogP contribution in [0.1, 0.15) is 79.7 Å². The zero-order valence-corrected chi connectivity index (χ0v) is 31.3. The summed E-state index contributed by atoms with van der Waals surface area (Å²) in [6, 6.07) is 7.57. The molecule has 0 aliphatic carbocycles. The number of carbonyl (C=O) groups excluding carboxylic acids is 3. The Morgan fingerprint density at radius 3 is 2.36 bits per heavy atom. The van der Waals surface area contributed by atoms with Crippen molar-refractivity contribution in [2.24, 2.45) is 4.99 Å². The summed E-state index contributed by atoms with van der Waals surface area (Å²) in [6.07, 6.45) is 3.75. The molecule has 0 radical (unpaired) electrons. The molecule has 50 heavy (non-hydrogen) atoms. The van der Waals surface area contributed by atoms with Gasteiger partial charge >= 0.3 is 6.09 Å². The summed E-state index contributed by atoms with van der Waals surface area (Å²) in [5, 5.41) is 16.1. The molecular formula is C36H47ClN8O4S. The van der Waals surface area contributed by atoms with Gasteiger partial charge in [0.15, 0.2) is 5.82 Å². The number of ether oxygens (including phenoxy) is 1. The van der Waals surface area contributed by atoms with Crippen molar-refractivity contribution in [3.63, 3.8) is 0 Å². The number of hydrogen-bond acceptors (Lipinski definition) is 9. The van der Waals surface area contributed by atoms with Crippen LogP contribution in [0.4, 0.5) is 4.79 Å². The third kappa shape index (κ3) is 9.37. The van der Waals surface area contributed by atoms with Crippen molar-refractivity contribution in [3.8, 4) is 5.00 Å². The van der Waals surface area contributed by atoms with Gasteiger partial charge in [-0.15, -0.1) is 21.5 Å². The van der Waals surface area contributed by atoms with Crippen LogP contribution in [0.2, 0.25) is 5.02 Å². The first-order chi connectivity index (χ1) is 23.8. The van der Waals surface area contributed by atoms with E-state index in [0.717, 1.165) is 65.7 Å². The smallest absolute Gasteiger partial charge is 0.407 e. The second-order valence-electron chi connectivity index (χ2n) is 13.6. The number of hydrogen-bond donors (Lipinski definition) is 2. The summed E-state index contributed by atoms with van der Waals surface area (Å²) in [7, 11) is 0. The maximum Gasteiger partial charge on any atom is 0.407 e. The SMILES string of the molecule is Cc1sc2c(c1C)C(c1ccc(Cl)cc1)=N/C(=C\C(=O)NCCCN1CCN(C(=O)CCCCNC(=O)OC(C)(C)C)CC1)c1nnc(C)n1-2. The van der Waals surface area contributed by atoms with E-state index in [-0.39, 0.29) is 11.8 Å². The Kier molecular flexibility index (Phi) is 12.1. The van der Waals surface area contributed by atoms with E-state index in [4.69, 9.17) is 21.3 Å². The minimum Gasteiger partial charge on any atom is -0.444 e. The van der Waals surface area contributed by atoms with E-state index in [0.29, 0.717) is 55.6 Å². The number of nitrogens with one attached hydrogen (secondary N) is 2. The maximum atomic E-state index is 13.2. The molecule has 12 nitrogen and oxygen atoms in total. The Bertz CT molecular complexity index is 1760. The van der Waals surface area contributed by atoms with Gasteiger partial charge in [-0.2, -0.15) is 0 Å². The van der Waals surface area contributed by atoms with Crippen molar-refractivity contribution in [2.45, 2.75) is 72.8 Å². The molecular weight excluding hydrogens is 676 g/mol. The number of benzene rings is 1. The predicted octanol–water partition coefficient (Wildman–Crippen LogP) is 5.44. The number of carbonyl (C=O) groups is 3. The number of fused-ring (bicyclic) bond motifs is 3. The summed E-state index contributed by atoms with van der Waals surface area (Å²) in [4.78, 5) is 48.2. The standard InChI is InChI=1S/C36H47ClN8O4S/c1-23-24(2)50-34-31(23)32(26-11-13-27(37)14-12-26)40-28(33-42-41-25(3)45(33)34)22-29(46)38-16-9-17-43-18-20-44(21-19-43)30(47)10-7-8-15-39-35(48)49-36(4,5)6/h11-14,22H,7-10,15-21H2,1-6H3,(H,38,46)(H,39,48)/b28-22-. The van der Waals surface area contributed by atoms with Crippen LogP contribution in [0, 0.1) is 20.8 Å². The Hall–Kier alpha value is -4.07. The van der Waals surface area contributed by atoms with Crippen LogP contribution in [-0.4, -0.2) is 99.6 Å². The fourth-order valence-corrected chi connectivity index (χ4v) is 7.26. The summed E-state index contributed by atoms with van der Waals surface area (Å²) >= 11 is 7.87. The molecule has 2 aliphatic rings. The van der Waals surface area contributed by atoms with Crippen LogP contribution >= 0.6 is 22.9 Å². The van der Waals surface area contributed by atoms with Gasteiger partial charge in [0.2, 0.25) is 11.8 Å². The topological polar surface area (TPSA) is 134 Å². The van der Waals surface area contributed by atoms with E-state index in [9.17, 15) is 14.4 Å². The molecule has 0 saturated carbocycles. The van der Waals surface area contributed by atoms with Gasteiger partial charge < -0.3 is 20.3 Å². The van der Waals surface area contributed by atoms with E-state index in [1.54, 1.807) is 11.3 Å². The number of piperazine rings is 1. The molecule has 5 rings (SSSR count). The molecule has 2 aliphatic heterocycles. The van der Waals surface area contributed by atoms with Gasteiger partial charge in [0.25, 0.3) is 0 Å². The first-order valence-electron chi connectivity index (χ1n) is 17.1. The number of aryl methyl sites for hydroxylation is 2. The molecule has 14 heteroatoms. The van der Waals surface area contributed by atoms with Gasteiger partial charge in [-0.3, -0.25) is 19.1 Å². The van der Waals surface area contributed by atoms with Crippen molar-refractivity contribution in [1.29, 1.82) is 0 Å². The Morgan fingerprint density at radius 2 is 1.66 bits per heavy atom. The molecule has 0 bridgehead atoms. The van der Waals surface area contributed by atoms with E-state index < -0.39 is 11.7 Å². The fourth-order valence-electron chi connectivity index (χ4n) is 5.93. The van der Waals surface area contributed by atoms with Gasteiger partial charge in [0.1, 0.15) is 22.1 Å². The molecule has 4 heterocycles. The van der Waals surface area contributed by atoms with Crippen molar-refractivity contribution >= 4 is 52.3 Å². The quantitative estimate of drug-likeness (QED) is 0.199. The van der Waals surface area contributed by atoms with Crippen LogP contribution in [-0.2, 0) is 14.3 Å². The Balaban J connectivity index is 1.11. The molecule has 268 valence electrons. The number of amides is 3. The van der Waals surface area contributed by atoms with Gasteiger partial charge in [0.05, 0.1) is 5.71 Å². The molecule has 0 atom stereocenters. The van der Waals surface area contributed by atoms with Crippen LogP contribution in [0.3, 0.4) is 0 Å². The minimum atomic E-state index is -0.528. The number of nitrogens with zero attached hydrogens (tertiary/aromatic N) is 6. The average Bonchev–Trinajstić information content (AvgIpc) is 3.54. The Morgan fingerprint density at radius 1 is 0.960 bits per heavy atom. The highest BCUT2D eigenvalue weighted by Gasteiger charge is 2.29. The highest BCUT2D eigenvalue weighted by Crippen LogP contribution is 2.38. The largest absolute Gasteiger partial charge is 0.444 e. The highest BCUT2D eigenvalue weighted by atomic mass is 35.5. The van der Waals surface area contributed by atoms with Crippen LogP contribution in [0.5, 0.6) is 0 Å². The fraction of sp³-hybridized carbons (Fsp3) is 0.500. The molecule has 2 aromatic heterocycles. The molecule has 1 saturated heterocycles. The van der Waals surface area contributed by atoms with Crippen molar-refractivity contribution in [2.75, 3.05) is 45.8 Å². The lowest BCUT2D eigenvalue weighted by molar-refractivity contribution is -0.133. The van der Waals surface area contributed by atoms with E-state index in [1.807, 2.05) is 61.4 Å². The predicted molar refractivity (Wildman–Crippen MR) is 197 cm³/mol. The number of rotatable bonds is 11. The summed E-state index contributed by atoms with van der Waals surface area (Å²) in [6.45, 7) is 16.3. The molecule has 0 unspecified atom stereocenters. The van der Waals surface area contributed by atoms with Crippen molar-refractivity contribution in [3.05, 3.63) is 68.6 Å². The average molecular weight is 723 g/mol. The number of aromatic nitrogens is 3. The first-order valence-corrected chi connectivity index (χ1v) is 18.3. The zero-order chi connectivity index (χ0) is 36.0. The summed E-state index contributed by atoms with van der Waals surface area (Å²) in [5.41, 5.74) is 3.69. The molecule has 0 spiro atoms. The van der Waals surface area contributed by atoms with Gasteiger partial charge in [-0.25, -0.2) is 9.79 Å². The summed E-state index contributed by atoms with van der Waals surface area (Å²) in [5.74, 6) is 1.14. The lowest BCUT2D eigenvalue weighted by atomic mass is 10.00. The lowest BCUT2D eigenvalue weighted by Gasteiger charge is -2.34. The first kappa shape index (κ1) is 37.2. The lowest BCUT2D eigenvalue weighted by Crippen LogP contribution is -2.49. The molecule has 2 N–H and O–H groups in total. The highest BCUT2D eigenvalue weighted by molar-refractivity contribution is 7.15. The zero-order valence-electron chi connectivity index (χ0n) is 29.8. The summed E-state index contributed by atoms with van der Waals surface area (Å²) < 4.78 is 7.22. The monoisotopic (exact) mass is 722 g/mol. The minimum absolute atomic E-state index is 0.147. The third-order valence-corrected chi connectivity index (χ3v) is 10.1. The van der Waals surface area contributed by atoms with E-state index >= 15 is 0 Å². The molecule has 1 aromatic carbocycles. The number of unbranched alkanes of at least 4 members (excludes halogenated alkanes) is 1. The van der Waals surface area contributed by atoms with Crippen LogP contribution in [0.25, 0.3) is 10.7 Å². The normalized spacial score (nSPS) is 15.6. The van der Waals surface area contributed by atoms with Crippen molar-refractivity contribution in [1.82, 2.24) is 35.2 Å². The Labute approximate surface area is 302 Å². The van der Waals surface area contributed by atoms with Gasteiger partial charge in [-0.1, -0.05) is 23.7 Å². The number of thiophene rings is 1.